The zero-order valence-electron chi connectivity index (χ0n) is 11.4. The van der Waals surface area contributed by atoms with E-state index in [1.165, 1.54) is 0 Å². The van der Waals surface area contributed by atoms with Crippen LogP contribution in [-0.2, 0) is 6.42 Å². The first-order chi connectivity index (χ1) is 10.1. The van der Waals surface area contributed by atoms with Crippen LogP contribution in [-0.4, -0.2) is 21.3 Å². The third-order valence-electron chi connectivity index (χ3n) is 3.11. The number of rotatable bonds is 4. The van der Waals surface area contributed by atoms with Crippen molar-refractivity contribution < 1.29 is 9.21 Å². The average molecular weight is 304 g/mol. The molecule has 0 aliphatic heterocycles. The number of aromatic nitrogens is 2. The van der Waals surface area contributed by atoms with E-state index >= 15 is 0 Å². The van der Waals surface area contributed by atoms with Crippen LogP contribution in [0.2, 0.25) is 5.02 Å². The maximum Gasteiger partial charge on any atom is 0.271 e. The first-order valence-corrected chi connectivity index (χ1v) is 6.97. The molecule has 3 aromatic rings. The molecule has 0 aromatic carbocycles. The van der Waals surface area contributed by atoms with Crippen LogP contribution in [0.4, 0.5) is 0 Å². The van der Waals surface area contributed by atoms with Gasteiger partial charge in [-0.2, -0.15) is 0 Å². The van der Waals surface area contributed by atoms with Gasteiger partial charge in [-0.15, -0.1) is 0 Å². The summed E-state index contributed by atoms with van der Waals surface area (Å²) in [5.74, 6) is 0.624. The molecule has 3 rings (SSSR count). The zero-order chi connectivity index (χ0) is 14.8. The Morgan fingerprint density at radius 3 is 3.05 bits per heavy atom. The quantitative estimate of drug-likeness (QED) is 0.806. The number of nitrogens with one attached hydrogen (secondary N) is 1. The summed E-state index contributed by atoms with van der Waals surface area (Å²) in [6, 6.07) is 7.18. The number of nitrogens with zero attached hydrogens (tertiary/aromatic N) is 2. The van der Waals surface area contributed by atoms with E-state index in [0.29, 0.717) is 22.8 Å². The molecule has 6 heteroatoms. The molecule has 108 valence electrons. The topological polar surface area (TPSA) is 59.5 Å². The van der Waals surface area contributed by atoms with E-state index in [0.717, 1.165) is 5.76 Å². The molecule has 0 aliphatic rings. The fourth-order valence-corrected chi connectivity index (χ4v) is 2.32. The summed E-state index contributed by atoms with van der Waals surface area (Å²) in [6.45, 7) is 1.92. The van der Waals surface area contributed by atoms with Crippen LogP contribution in [0.25, 0.3) is 5.65 Å². The smallest absolute Gasteiger partial charge is 0.271 e. The lowest BCUT2D eigenvalue weighted by molar-refractivity contribution is 0.0935. The van der Waals surface area contributed by atoms with Gasteiger partial charge in [-0.05, 0) is 31.2 Å². The van der Waals surface area contributed by atoms with Crippen LogP contribution in [0.3, 0.4) is 0 Å². The molecule has 1 amide bonds. The Hall–Kier alpha value is -2.27. The molecular weight excluding hydrogens is 290 g/mol. The molecule has 3 aromatic heterocycles. The highest BCUT2D eigenvalue weighted by Crippen LogP contribution is 2.12. The van der Waals surface area contributed by atoms with Crippen LogP contribution < -0.4 is 5.32 Å². The molecule has 0 aliphatic carbocycles. The van der Waals surface area contributed by atoms with Crippen molar-refractivity contribution in [1.29, 1.82) is 0 Å². The summed E-state index contributed by atoms with van der Waals surface area (Å²) in [6.07, 6.45) is 5.64. The first kappa shape index (κ1) is 13.7. The second kappa shape index (κ2) is 5.61. The number of hydrogen-bond donors (Lipinski definition) is 1. The van der Waals surface area contributed by atoms with Crippen LogP contribution >= 0.6 is 11.6 Å². The lowest BCUT2D eigenvalue weighted by Gasteiger charge is -2.10. The molecule has 0 bridgehead atoms. The van der Waals surface area contributed by atoms with E-state index in [-0.39, 0.29) is 11.9 Å². The molecule has 5 nitrogen and oxygen atoms in total. The van der Waals surface area contributed by atoms with Gasteiger partial charge < -0.3 is 14.1 Å². The SMILES string of the molecule is CC(Cc1ccco1)NC(=O)c1cn2cc(Cl)ccc2n1. The molecule has 3 heterocycles. The molecule has 0 saturated heterocycles. The standard InChI is InChI=1S/C15H14ClN3O2/c1-10(7-12-3-2-6-21-12)17-15(20)13-9-19-8-11(16)4-5-14(19)18-13/h2-6,8-10H,7H2,1H3,(H,17,20). The van der Waals surface area contributed by atoms with Gasteiger partial charge in [0.25, 0.3) is 5.91 Å². The van der Waals surface area contributed by atoms with Crippen molar-refractivity contribution >= 4 is 23.2 Å². The maximum absolute atomic E-state index is 12.2. The van der Waals surface area contributed by atoms with E-state index in [4.69, 9.17) is 16.0 Å². The van der Waals surface area contributed by atoms with Crippen molar-refractivity contribution in [2.45, 2.75) is 19.4 Å². The van der Waals surface area contributed by atoms with E-state index in [1.807, 2.05) is 19.1 Å². The minimum atomic E-state index is -0.214. The Morgan fingerprint density at radius 2 is 2.29 bits per heavy atom. The number of pyridine rings is 1. The second-order valence-corrected chi connectivity index (χ2v) is 5.33. The third kappa shape index (κ3) is 3.08. The van der Waals surface area contributed by atoms with Crippen LogP contribution in [0.1, 0.15) is 23.2 Å². The van der Waals surface area contributed by atoms with Gasteiger partial charge in [0.15, 0.2) is 0 Å². The minimum absolute atomic E-state index is 0.0444. The average Bonchev–Trinajstić information content (AvgIpc) is 3.06. The van der Waals surface area contributed by atoms with Gasteiger partial charge in [0.2, 0.25) is 0 Å². The molecule has 1 unspecified atom stereocenters. The van der Waals surface area contributed by atoms with Crippen molar-refractivity contribution in [3.8, 4) is 0 Å². The molecule has 0 spiro atoms. The van der Waals surface area contributed by atoms with Gasteiger partial charge in [0.1, 0.15) is 17.1 Å². The highest BCUT2D eigenvalue weighted by Gasteiger charge is 2.14. The molecule has 21 heavy (non-hydrogen) atoms. The lowest BCUT2D eigenvalue weighted by Crippen LogP contribution is -2.34. The monoisotopic (exact) mass is 303 g/mol. The Morgan fingerprint density at radius 1 is 1.43 bits per heavy atom. The number of carbonyl (C=O) groups excluding carboxylic acids is 1. The van der Waals surface area contributed by atoms with Crippen molar-refractivity contribution in [3.05, 3.63) is 59.4 Å². The number of amides is 1. The zero-order valence-corrected chi connectivity index (χ0v) is 12.2. The summed E-state index contributed by atoms with van der Waals surface area (Å²) in [5.41, 5.74) is 1.05. The van der Waals surface area contributed by atoms with Gasteiger partial charge in [-0.3, -0.25) is 4.79 Å². The number of fused-ring (bicyclic) bond motifs is 1. The van der Waals surface area contributed by atoms with Crippen molar-refractivity contribution in [3.63, 3.8) is 0 Å². The van der Waals surface area contributed by atoms with Crippen LogP contribution in [0, 0.1) is 0 Å². The number of furan rings is 1. The Labute approximate surface area is 126 Å². The van der Waals surface area contributed by atoms with Gasteiger partial charge >= 0.3 is 0 Å². The predicted octanol–water partition coefficient (Wildman–Crippen LogP) is 2.94. The summed E-state index contributed by atoms with van der Waals surface area (Å²) < 4.78 is 7.00. The fraction of sp³-hybridized carbons (Fsp3) is 0.200. The number of halogens is 1. The van der Waals surface area contributed by atoms with E-state index in [9.17, 15) is 4.79 Å². The van der Waals surface area contributed by atoms with Crippen molar-refractivity contribution in [2.75, 3.05) is 0 Å². The van der Waals surface area contributed by atoms with Gasteiger partial charge in [0.05, 0.1) is 11.3 Å². The van der Waals surface area contributed by atoms with E-state index in [2.05, 4.69) is 10.3 Å². The summed E-state index contributed by atoms with van der Waals surface area (Å²) >= 11 is 5.91. The van der Waals surface area contributed by atoms with Gasteiger partial charge in [-0.1, -0.05) is 11.6 Å². The molecule has 1 N–H and O–H groups in total. The normalized spacial score (nSPS) is 12.5. The Kier molecular flexibility index (Phi) is 3.66. The Bertz CT molecular complexity index is 764. The minimum Gasteiger partial charge on any atom is -0.469 e. The molecule has 0 fully saturated rings. The van der Waals surface area contributed by atoms with Crippen LogP contribution in [0.15, 0.2) is 47.3 Å². The van der Waals surface area contributed by atoms with E-state index < -0.39 is 0 Å². The number of hydrogen-bond acceptors (Lipinski definition) is 3. The first-order valence-electron chi connectivity index (χ1n) is 6.59. The molecule has 0 saturated carbocycles. The Balaban J connectivity index is 1.71. The maximum atomic E-state index is 12.2. The van der Waals surface area contributed by atoms with Gasteiger partial charge in [0, 0.05) is 24.9 Å². The van der Waals surface area contributed by atoms with Gasteiger partial charge in [-0.25, -0.2) is 4.98 Å². The second-order valence-electron chi connectivity index (χ2n) is 4.90. The number of carbonyl (C=O) groups is 1. The number of imidazole rings is 1. The summed E-state index contributed by atoms with van der Waals surface area (Å²) in [5, 5.41) is 3.50. The third-order valence-corrected chi connectivity index (χ3v) is 3.34. The molecular formula is C15H14ClN3O2. The molecule has 0 radical (unpaired) electrons. The fourth-order valence-electron chi connectivity index (χ4n) is 2.15. The summed E-state index contributed by atoms with van der Waals surface area (Å²) in [7, 11) is 0. The lowest BCUT2D eigenvalue weighted by atomic mass is 10.2. The highest BCUT2D eigenvalue weighted by atomic mass is 35.5. The molecule has 1 atom stereocenters. The van der Waals surface area contributed by atoms with Crippen molar-refractivity contribution in [1.82, 2.24) is 14.7 Å². The predicted molar refractivity (Wildman–Crippen MR) is 79.5 cm³/mol. The largest absolute Gasteiger partial charge is 0.469 e. The summed E-state index contributed by atoms with van der Waals surface area (Å²) in [4.78, 5) is 16.5. The highest BCUT2D eigenvalue weighted by molar-refractivity contribution is 6.30. The van der Waals surface area contributed by atoms with Crippen molar-refractivity contribution in [2.24, 2.45) is 0 Å². The van der Waals surface area contributed by atoms with Crippen LogP contribution in [0.5, 0.6) is 0 Å². The van der Waals surface area contributed by atoms with E-state index in [1.54, 1.807) is 35.2 Å².